The van der Waals surface area contributed by atoms with Crippen molar-refractivity contribution in [1.29, 1.82) is 0 Å². The van der Waals surface area contributed by atoms with Gasteiger partial charge in [-0.15, -0.1) is 0 Å². The Morgan fingerprint density at radius 3 is 2.62 bits per heavy atom. The second-order valence-electron chi connectivity index (χ2n) is 8.31. The van der Waals surface area contributed by atoms with E-state index in [1.165, 1.54) is 12.8 Å². The zero-order valence-corrected chi connectivity index (χ0v) is 14.6. The zero-order valence-electron chi connectivity index (χ0n) is 14.6. The van der Waals surface area contributed by atoms with E-state index >= 15 is 0 Å². The molecule has 0 aromatic carbocycles. The molecule has 1 heterocycles. The SMILES string of the molecule is CCCCC1NC(CC(C)C)N(C2CCC(C)(C)C2)C1=O. The van der Waals surface area contributed by atoms with E-state index in [2.05, 4.69) is 44.8 Å². The van der Waals surface area contributed by atoms with Gasteiger partial charge in [0.2, 0.25) is 5.91 Å². The van der Waals surface area contributed by atoms with Gasteiger partial charge in [-0.05, 0) is 43.4 Å². The number of carbonyl (C=O) groups excluding carboxylic acids is 1. The van der Waals surface area contributed by atoms with Gasteiger partial charge in [-0.3, -0.25) is 10.1 Å². The molecule has 0 aromatic heterocycles. The van der Waals surface area contributed by atoms with Gasteiger partial charge in [0.1, 0.15) is 0 Å². The minimum atomic E-state index is 0.0670. The highest BCUT2D eigenvalue weighted by Gasteiger charge is 2.45. The third-order valence-electron chi connectivity index (χ3n) is 5.16. The van der Waals surface area contributed by atoms with Crippen LogP contribution in [0.5, 0.6) is 0 Å². The van der Waals surface area contributed by atoms with Crippen molar-refractivity contribution in [2.24, 2.45) is 11.3 Å². The molecule has 3 heteroatoms. The largest absolute Gasteiger partial charge is 0.323 e. The molecule has 3 atom stereocenters. The van der Waals surface area contributed by atoms with E-state index in [-0.39, 0.29) is 12.2 Å². The summed E-state index contributed by atoms with van der Waals surface area (Å²) in [6.07, 6.45) is 8.22. The molecule has 2 fully saturated rings. The van der Waals surface area contributed by atoms with Crippen LogP contribution in [0.1, 0.15) is 79.6 Å². The Morgan fingerprint density at radius 2 is 2.10 bits per heavy atom. The van der Waals surface area contributed by atoms with Crippen molar-refractivity contribution in [3.63, 3.8) is 0 Å². The topological polar surface area (TPSA) is 32.3 Å². The number of carbonyl (C=O) groups is 1. The van der Waals surface area contributed by atoms with E-state index < -0.39 is 0 Å². The van der Waals surface area contributed by atoms with Gasteiger partial charge >= 0.3 is 0 Å². The Kier molecular flexibility index (Phi) is 5.34. The number of unbranched alkanes of at least 4 members (excludes halogenated alkanes) is 1. The molecule has 1 saturated heterocycles. The van der Waals surface area contributed by atoms with Crippen LogP contribution in [0, 0.1) is 11.3 Å². The Bertz CT molecular complexity index is 364. The lowest BCUT2D eigenvalue weighted by Gasteiger charge is -2.32. The maximum atomic E-state index is 12.9. The summed E-state index contributed by atoms with van der Waals surface area (Å²) in [5, 5.41) is 3.64. The summed E-state index contributed by atoms with van der Waals surface area (Å²) in [7, 11) is 0. The van der Waals surface area contributed by atoms with Crippen LogP contribution in [0.3, 0.4) is 0 Å². The van der Waals surface area contributed by atoms with Gasteiger partial charge in [0.05, 0.1) is 12.2 Å². The van der Waals surface area contributed by atoms with Crippen LogP contribution in [0.2, 0.25) is 0 Å². The van der Waals surface area contributed by atoms with Crippen LogP contribution in [0.25, 0.3) is 0 Å². The van der Waals surface area contributed by atoms with Crippen LogP contribution in [0.15, 0.2) is 0 Å². The number of rotatable bonds is 6. The molecule has 1 saturated carbocycles. The Morgan fingerprint density at radius 1 is 1.38 bits per heavy atom. The lowest BCUT2D eigenvalue weighted by Crippen LogP contribution is -2.44. The van der Waals surface area contributed by atoms with Gasteiger partial charge < -0.3 is 4.90 Å². The summed E-state index contributed by atoms with van der Waals surface area (Å²) in [5.41, 5.74) is 0.398. The quantitative estimate of drug-likeness (QED) is 0.805. The van der Waals surface area contributed by atoms with Crippen LogP contribution in [-0.2, 0) is 4.79 Å². The Labute approximate surface area is 130 Å². The minimum Gasteiger partial charge on any atom is -0.323 e. The van der Waals surface area contributed by atoms with E-state index in [0.717, 1.165) is 32.1 Å². The van der Waals surface area contributed by atoms with Crippen molar-refractivity contribution in [3.05, 3.63) is 0 Å². The molecule has 3 nitrogen and oxygen atoms in total. The first-order chi connectivity index (χ1) is 9.84. The highest BCUT2D eigenvalue weighted by Crippen LogP contribution is 2.41. The molecule has 2 rings (SSSR count). The molecule has 0 aromatic rings. The summed E-state index contributed by atoms with van der Waals surface area (Å²) in [5.74, 6) is 0.994. The molecule has 1 aliphatic heterocycles. The summed E-state index contributed by atoms with van der Waals surface area (Å²) in [6.45, 7) is 11.4. The van der Waals surface area contributed by atoms with Gasteiger partial charge in [-0.25, -0.2) is 0 Å². The molecule has 0 spiro atoms. The van der Waals surface area contributed by atoms with Crippen molar-refractivity contribution in [2.75, 3.05) is 0 Å². The first-order valence-corrected chi connectivity index (χ1v) is 8.92. The number of nitrogens with one attached hydrogen (secondary N) is 1. The van der Waals surface area contributed by atoms with Crippen molar-refractivity contribution in [1.82, 2.24) is 10.2 Å². The standard InChI is InChI=1S/C18H34N2O/c1-6-7-8-15-17(21)20(16(19-15)11-13(2)3)14-9-10-18(4,5)12-14/h13-16,19H,6-12H2,1-5H3. The van der Waals surface area contributed by atoms with Gasteiger partial charge in [0.15, 0.2) is 0 Å². The number of amides is 1. The monoisotopic (exact) mass is 294 g/mol. The molecule has 3 unspecified atom stereocenters. The van der Waals surface area contributed by atoms with Crippen molar-refractivity contribution < 1.29 is 4.79 Å². The fraction of sp³-hybridized carbons (Fsp3) is 0.944. The lowest BCUT2D eigenvalue weighted by molar-refractivity contribution is -0.132. The summed E-state index contributed by atoms with van der Waals surface area (Å²) >= 11 is 0. The molecule has 1 N–H and O–H groups in total. The first-order valence-electron chi connectivity index (χ1n) is 8.92. The molecule has 2 aliphatic rings. The average molecular weight is 294 g/mol. The predicted octanol–water partition coefficient (Wildman–Crippen LogP) is 3.93. The third-order valence-corrected chi connectivity index (χ3v) is 5.16. The average Bonchev–Trinajstić information content (AvgIpc) is 2.87. The molecular formula is C18H34N2O. The van der Waals surface area contributed by atoms with E-state index in [4.69, 9.17) is 0 Å². The van der Waals surface area contributed by atoms with E-state index in [9.17, 15) is 4.79 Å². The number of hydrogen-bond acceptors (Lipinski definition) is 2. The molecule has 1 amide bonds. The Balaban J connectivity index is 2.08. The lowest BCUT2D eigenvalue weighted by atomic mass is 9.91. The van der Waals surface area contributed by atoms with Crippen LogP contribution in [-0.4, -0.2) is 29.1 Å². The molecule has 122 valence electrons. The van der Waals surface area contributed by atoms with Crippen LogP contribution < -0.4 is 5.32 Å². The zero-order chi connectivity index (χ0) is 15.6. The molecule has 1 aliphatic carbocycles. The summed E-state index contributed by atoms with van der Waals surface area (Å²) in [6, 6.07) is 0.521. The van der Waals surface area contributed by atoms with Gasteiger partial charge in [0, 0.05) is 6.04 Å². The smallest absolute Gasteiger partial charge is 0.241 e. The normalized spacial score (nSPS) is 32.4. The number of hydrogen-bond donors (Lipinski definition) is 1. The summed E-state index contributed by atoms with van der Waals surface area (Å²) in [4.78, 5) is 15.1. The highest BCUT2D eigenvalue weighted by atomic mass is 16.2. The van der Waals surface area contributed by atoms with E-state index in [1.807, 2.05) is 0 Å². The van der Waals surface area contributed by atoms with Crippen LogP contribution >= 0.6 is 0 Å². The van der Waals surface area contributed by atoms with Gasteiger partial charge in [-0.2, -0.15) is 0 Å². The van der Waals surface area contributed by atoms with Crippen molar-refractivity contribution in [3.8, 4) is 0 Å². The maximum absolute atomic E-state index is 12.9. The van der Waals surface area contributed by atoms with Gasteiger partial charge in [-0.1, -0.05) is 47.5 Å². The fourth-order valence-electron chi connectivity index (χ4n) is 4.03. The summed E-state index contributed by atoms with van der Waals surface area (Å²) < 4.78 is 0. The third kappa shape index (κ3) is 4.00. The van der Waals surface area contributed by atoms with E-state index in [1.54, 1.807) is 0 Å². The van der Waals surface area contributed by atoms with Gasteiger partial charge in [0.25, 0.3) is 0 Å². The Hall–Kier alpha value is -0.570. The molecule has 0 bridgehead atoms. The van der Waals surface area contributed by atoms with Crippen molar-refractivity contribution >= 4 is 5.91 Å². The van der Waals surface area contributed by atoms with Crippen molar-refractivity contribution in [2.45, 2.75) is 97.8 Å². The fourth-order valence-corrected chi connectivity index (χ4v) is 4.03. The van der Waals surface area contributed by atoms with Crippen LogP contribution in [0.4, 0.5) is 0 Å². The first kappa shape index (κ1) is 16.8. The minimum absolute atomic E-state index is 0.0670. The number of nitrogens with zero attached hydrogens (tertiary/aromatic N) is 1. The molecule has 0 radical (unpaired) electrons. The maximum Gasteiger partial charge on any atom is 0.241 e. The second kappa shape index (κ2) is 6.68. The molecular weight excluding hydrogens is 260 g/mol. The predicted molar refractivity (Wildman–Crippen MR) is 88.0 cm³/mol. The molecule has 21 heavy (non-hydrogen) atoms. The second-order valence-corrected chi connectivity index (χ2v) is 8.31. The van der Waals surface area contributed by atoms with E-state index in [0.29, 0.717) is 23.3 Å². The highest BCUT2D eigenvalue weighted by molar-refractivity contribution is 5.84.